The lowest BCUT2D eigenvalue weighted by molar-refractivity contribution is -0.117. The zero-order valence-corrected chi connectivity index (χ0v) is 15.1. The zero-order chi connectivity index (χ0) is 17.6. The summed E-state index contributed by atoms with van der Waals surface area (Å²) in [4.78, 5) is 26.5. The second-order valence-corrected chi connectivity index (χ2v) is 7.48. The van der Waals surface area contributed by atoms with E-state index in [1.54, 1.807) is 6.92 Å². The molecule has 0 radical (unpaired) electrons. The molecule has 6 heteroatoms. The first kappa shape index (κ1) is 16.3. The van der Waals surface area contributed by atoms with Gasteiger partial charge in [0.05, 0.1) is 17.4 Å². The summed E-state index contributed by atoms with van der Waals surface area (Å²) in [5.41, 5.74) is 5.09. The number of aromatic nitrogens is 4. The maximum atomic E-state index is 11.5. The molecule has 1 atom stereocenters. The second-order valence-electron chi connectivity index (χ2n) is 7.48. The van der Waals surface area contributed by atoms with E-state index < -0.39 is 0 Å². The Bertz CT molecular complexity index is 917. The SMILES string of the molecule is CC(=O)CC(C)c1c[nH]c2ncc3nc(C4CCN(C)CC4)cn3c12. The molecule has 132 valence electrons. The molecule has 0 amide bonds. The van der Waals surface area contributed by atoms with E-state index in [0.717, 1.165) is 54.0 Å². The highest BCUT2D eigenvalue weighted by atomic mass is 16.1. The first-order chi connectivity index (χ1) is 12.0. The molecule has 1 saturated heterocycles. The number of Topliss-reactive ketones (excluding diaryl/α,β-unsaturated/α-hetero) is 1. The number of hydrogen-bond donors (Lipinski definition) is 1. The van der Waals surface area contributed by atoms with Gasteiger partial charge in [0.2, 0.25) is 0 Å². The number of ketones is 1. The summed E-state index contributed by atoms with van der Waals surface area (Å²) in [6, 6.07) is 0. The van der Waals surface area contributed by atoms with E-state index in [0.29, 0.717) is 12.3 Å². The smallest absolute Gasteiger partial charge is 0.156 e. The van der Waals surface area contributed by atoms with E-state index in [-0.39, 0.29) is 11.7 Å². The highest BCUT2D eigenvalue weighted by Gasteiger charge is 2.22. The molecule has 0 saturated carbocycles. The van der Waals surface area contributed by atoms with Gasteiger partial charge in [0.1, 0.15) is 5.78 Å². The van der Waals surface area contributed by atoms with Gasteiger partial charge in [-0.3, -0.25) is 4.40 Å². The quantitative estimate of drug-likeness (QED) is 0.793. The largest absolute Gasteiger partial charge is 0.345 e. The summed E-state index contributed by atoms with van der Waals surface area (Å²) in [5.74, 6) is 0.885. The number of rotatable bonds is 4. The fourth-order valence-corrected chi connectivity index (χ4v) is 3.99. The van der Waals surface area contributed by atoms with Gasteiger partial charge in [-0.05, 0) is 51.4 Å². The standard InChI is InChI=1S/C19H25N5O/c1-12(8-13(2)25)15-9-20-19-18(15)24-11-16(22-17(24)10-21-19)14-4-6-23(3)7-5-14/h9-12,14,20H,4-8H2,1-3H3. The Hall–Kier alpha value is -2.21. The van der Waals surface area contributed by atoms with Crippen molar-refractivity contribution < 1.29 is 4.79 Å². The van der Waals surface area contributed by atoms with E-state index in [9.17, 15) is 4.79 Å². The lowest BCUT2D eigenvalue weighted by Gasteiger charge is -2.27. The van der Waals surface area contributed by atoms with E-state index >= 15 is 0 Å². The highest BCUT2D eigenvalue weighted by Crippen LogP contribution is 2.31. The van der Waals surface area contributed by atoms with Crippen molar-refractivity contribution in [1.82, 2.24) is 24.3 Å². The van der Waals surface area contributed by atoms with Gasteiger partial charge in [-0.2, -0.15) is 0 Å². The van der Waals surface area contributed by atoms with Crippen molar-refractivity contribution in [2.24, 2.45) is 0 Å². The Kier molecular flexibility index (Phi) is 4.07. The van der Waals surface area contributed by atoms with E-state index in [4.69, 9.17) is 4.98 Å². The summed E-state index contributed by atoms with van der Waals surface area (Å²) >= 11 is 0. The molecule has 1 N–H and O–H groups in total. The lowest BCUT2D eigenvalue weighted by atomic mass is 9.94. The average molecular weight is 339 g/mol. The predicted molar refractivity (Wildman–Crippen MR) is 98.0 cm³/mol. The minimum atomic E-state index is 0.160. The summed E-state index contributed by atoms with van der Waals surface area (Å²) in [5, 5.41) is 0. The molecular weight excluding hydrogens is 314 g/mol. The van der Waals surface area contributed by atoms with E-state index in [1.807, 2.05) is 12.4 Å². The number of piperidine rings is 1. The normalized spacial score (nSPS) is 18.2. The first-order valence-corrected chi connectivity index (χ1v) is 9.06. The van der Waals surface area contributed by atoms with Crippen molar-refractivity contribution >= 4 is 22.6 Å². The van der Waals surface area contributed by atoms with Crippen molar-refractivity contribution in [2.75, 3.05) is 20.1 Å². The Balaban J connectivity index is 1.77. The van der Waals surface area contributed by atoms with Gasteiger partial charge in [0, 0.05) is 24.7 Å². The molecule has 0 bridgehead atoms. The summed E-state index contributed by atoms with van der Waals surface area (Å²) in [6.45, 7) is 5.99. The second kappa shape index (κ2) is 6.26. The maximum Gasteiger partial charge on any atom is 0.156 e. The number of H-pyrrole nitrogens is 1. The summed E-state index contributed by atoms with van der Waals surface area (Å²) < 4.78 is 2.15. The van der Waals surface area contributed by atoms with Crippen molar-refractivity contribution in [3.63, 3.8) is 0 Å². The molecule has 0 aliphatic carbocycles. The Morgan fingerprint density at radius 3 is 2.88 bits per heavy atom. The highest BCUT2D eigenvalue weighted by molar-refractivity contribution is 5.81. The van der Waals surface area contributed by atoms with Crippen LogP contribution in [0.15, 0.2) is 18.6 Å². The van der Waals surface area contributed by atoms with Crippen molar-refractivity contribution in [2.45, 2.75) is 44.9 Å². The zero-order valence-electron chi connectivity index (χ0n) is 15.1. The van der Waals surface area contributed by atoms with Crippen LogP contribution in [-0.4, -0.2) is 50.2 Å². The Morgan fingerprint density at radius 1 is 1.40 bits per heavy atom. The van der Waals surface area contributed by atoms with Gasteiger partial charge in [-0.1, -0.05) is 6.92 Å². The fraction of sp³-hybridized carbons (Fsp3) is 0.526. The molecule has 6 nitrogen and oxygen atoms in total. The van der Waals surface area contributed by atoms with Crippen LogP contribution in [-0.2, 0) is 4.79 Å². The minimum absolute atomic E-state index is 0.160. The third-order valence-corrected chi connectivity index (χ3v) is 5.43. The molecule has 1 aliphatic rings. The Morgan fingerprint density at radius 2 is 2.16 bits per heavy atom. The average Bonchev–Trinajstić information content (AvgIpc) is 3.18. The number of aromatic amines is 1. The molecule has 3 aromatic heterocycles. The maximum absolute atomic E-state index is 11.5. The number of carbonyl (C=O) groups is 1. The van der Waals surface area contributed by atoms with Gasteiger partial charge in [-0.25, -0.2) is 9.97 Å². The van der Waals surface area contributed by atoms with Crippen LogP contribution in [0.2, 0.25) is 0 Å². The van der Waals surface area contributed by atoms with E-state index in [1.165, 1.54) is 0 Å². The predicted octanol–water partition coefficient (Wildman–Crippen LogP) is 3.10. The fourth-order valence-electron chi connectivity index (χ4n) is 3.99. The van der Waals surface area contributed by atoms with E-state index in [2.05, 4.69) is 39.4 Å². The monoisotopic (exact) mass is 339 g/mol. The summed E-state index contributed by atoms with van der Waals surface area (Å²) in [6.07, 6.45) is 8.83. The Labute approximate surface area is 147 Å². The van der Waals surface area contributed by atoms with Gasteiger partial charge in [0.25, 0.3) is 0 Å². The molecule has 4 rings (SSSR count). The molecule has 1 fully saturated rings. The molecular formula is C19H25N5O. The third-order valence-electron chi connectivity index (χ3n) is 5.43. The number of nitrogens with one attached hydrogen (secondary N) is 1. The van der Waals surface area contributed by atoms with Crippen molar-refractivity contribution in [1.29, 1.82) is 0 Å². The first-order valence-electron chi connectivity index (χ1n) is 9.06. The van der Waals surface area contributed by atoms with Crippen LogP contribution in [0.3, 0.4) is 0 Å². The molecule has 0 aromatic carbocycles. The van der Waals surface area contributed by atoms with Crippen LogP contribution in [0.1, 0.15) is 56.2 Å². The van der Waals surface area contributed by atoms with Gasteiger partial charge < -0.3 is 14.7 Å². The lowest BCUT2D eigenvalue weighted by Crippen LogP contribution is -2.29. The molecule has 1 unspecified atom stereocenters. The topological polar surface area (TPSA) is 66.3 Å². The van der Waals surface area contributed by atoms with Crippen LogP contribution in [0.4, 0.5) is 0 Å². The minimum Gasteiger partial charge on any atom is -0.345 e. The van der Waals surface area contributed by atoms with Crippen molar-refractivity contribution in [3.05, 3.63) is 29.8 Å². The number of hydrogen-bond acceptors (Lipinski definition) is 4. The van der Waals surface area contributed by atoms with Crippen LogP contribution in [0, 0.1) is 0 Å². The third kappa shape index (κ3) is 2.95. The van der Waals surface area contributed by atoms with Crippen LogP contribution >= 0.6 is 0 Å². The molecule has 25 heavy (non-hydrogen) atoms. The number of likely N-dealkylation sites (tertiary alicyclic amines) is 1. The van der Waals surface area contributed by atoms with Crippen LogP contribution in [0.25, 0.3) is 16.8 Å². The molecule has 1 aliphatic heterocycles. The molecule has 4 heterocycles. The number of fused-ring (bicyclic) bond motifs is 3. The van der Waals surface area contributed by atoms with Gasteiger partial charge in [-0.15, -0.1) is 0 Å². The van der Waals surface area contributed by atoms with Crippen LogP contribution < -0.4 is 0 Å². The van der Waals surface area contributed by atoms with Crippen LogP contribution in [0.5, 0.6) is 0 Å². The number of imidazole rings is 1. The number of nitrogens with zero attached hydrogens (tertiary/aromatic N) is 4. The summed E-state index contributed by atoms with van der Waals surface area (Å²) in [7, 11) is 2.18. The van der Waals surface area contributed by atoms with Gasteiger partial charge >= 0.3 is 0 Å². The van der Waals surface area contributed by atoms with Gasteiger partial charge in [0.15, 0.2) is 11.3 Å². The number of carbonyl (C=O) groups excluding carboxylic acids is 1. The molecule has 0 spiro atoms. The van der Waals surface area contributed by atoms with Crippen molar-refractivity contribution in [3.8, 4) is 0 Å². The molecule has 3 aromatic rings.